The van der Waals surface area contributed by atoms with Crippen LogP contribution in [0.3, 0.4) is 0 Å². The van der Waals surface area contributed by atoms with Gasteiger partial charge in [0.15, 0.2) is 11.6 Å². The number of aromatic nitrogens is 1. The normalized spacial score (nSPS) is 15.0. The minimum Gasteiger partial charge on any atom is -0.487 e. The highest BCUT2D eigenvalue weighted by molar-refractivity contribution is 7.18. The molecule has 0 unspecified atom stereocenters. The molecule has 0 saturated carbocycles. The van der Waals surface area contributed by atoms with Crippen LogP contribution in [-0.4, -0.2) is 35.0 Å². The number of carbonyl (C=O) groups excluding carboxylic acids is 1. The fourth-order valence-corrected chi connectivity index (χ4v) is 4.56. The molecule has 3 aromatic rings. The van der Waals surface area contributed by atoms with Crippen LogP contribution in [0, 0.1) is 11.6 Å². The number of nitrogens with zero attached hydrogens (tertiary/aromatic N) is 2. The summed E-state index contributed by atoms with van der Waals surface area (Å²) in [5.41, 5.74) is 1.01. The van der Waals surface area contributed by atoms with Crippen LogP contribution in [0.15, 0.2) is 42.5 Å². The van der Waals surface area contributed by atoms with E-state index in [1.54, 1.807) is 11.3 Å². The number of fused-ring (bicyclic) bond motifs is 1. The van der Waals surface area contributed by atoms with Crippen LogP contribution in [0.25, 0.3) is 10.2 Å². The van der Waals surface area contributed by atoms with E-state index in [2.05, 4.69) is 11.1 Å². The number of hydrogen-bond acceptors (Lipinski definition) is 4. The molecule has 4 rings (SSSR count). The fraction of sp³-hybridized carbons (Fsp3) is 0.364. The Morgan fingerprint density at radius 1 is 1.17 bits per heavy atom. The van der Waals surface area contributed by atoms with Gasteiger partial charge in [-0.3, -0.25) is 4.79 Å². The molecule has 0 aliphatic carbocycles. The van der Waals surface area contributed by atoms with Crippen molar-refractivity contribution < 1.29 is 18.3 Å². The van der Waals surface area contributed by atoms with Gasteiger partial charge in [0.25, 0.3) is 0 Å². The summed E-state index contributed by atoms with van der Waals surface area (Å²) in [6.07, 6.45) is 3.18. The summed E-state index contributed by atoms with van der Waals surface area (Å²) in [5, 5.41) is 1.06. The number of amides is 1. The van der Waals surface area contributed by atoms with E-state index in [-0.39, 0.29) is 17.8 Å². The van der Waals surface area contributed by atoms with Crippen molar-refractivity contribution in [2.24, 2.45) is 0 Å². The number of para-hydroxylation sites is 1. The Balaban J connectivity index is 1.21. The number of likely N-dealkylation sites (tertiary alicyclic amines) is 1. The molecule has 1 aliphatic rings. The zero-order chi connectivity index (χ0) is 20.2. The van der Waals surface area contributed by atoms with E-state index in [1.807, 2.05) is 23.1 Å². The van der Waals surface area contributed by atoms with Crippen molar-refractivity contribution in [3.8, 4) is 5.75 Å². The maximum absolute atomic E-state index is 13.7. The third-order valence-electron chi connectivity index (χ3n) is 5.10. The van der Waals surface area contributed by atoms with Gasteiger partial charge in [-0.05, 0) is 37.1 Å². The highest BCUT2D eigenvalue weighted by atomic mass is 32.1. The number of ether oxygens (including phenoxy) is 1. The lowest BCUT2D eigenvalue weighted by atomic mass is 10.1. The first kappa shape index (κ1) is 19.8. The van der Waals surface area contributed by atoms with Crippen LogP contribution in [-0.2, 0) is 11.2 Å². The predicted molar refractivity (Wildman–Crippen MR) is 109 cm³/mol. The molecular weight excluding hydrogens is 394 g/mol. The number of thiazole rings is 1. The van der Waals surface area contributed by atoms with Crippen LogP contribution in [0.5, 0.6) is 5.75 Å². The number of hydrogen-bond donors (Lipinski definition) is 0. The quantitative estimate of drug-likeness (QED) is 0.570. The molecule has 7 heteroatoms. The molecule has 4 nitrogen and oxygen atoms in total. The number of carbonyl (C=O) groups is 1. The molecule has 0 atom stereocenters. The van der Waals surface area contributed by atoms with E-state index in [0.717, 1.165) is 29.4 Å². The molecule has 0 N–H and O–H groups in total. The van der Waals surface area contributed by atoms with Crippen molar-refractivity contribution in [3.63, 3.8) is 0 Å². The average Bonchev–Trinajstić information content (AvgIpc) is 3.13. The van der Waals surface area contributed by atoms with Gasteiger partial charge in [0.05, 0.1) is 15.2 Å². The average molecular weight is 416 g/mol. The molecule has 0 bridgehead atoms. The highest BCUT2D eigenvalue weighted by Gasteiger charge is 2.24. The summed E-state index contributed by atoms with van der Waals surface area (Å²) in [6, 6.07) is 11.4. The van der Waals surface area contributed by atoms with Crippen LogP contribution in [0.1, 0.15) is 30.7 Å². The highest BCUT2D eigenvalue weighted by Crippen LogP contribution is 2.24. The summed E-state index contributed by atoms with van der Waals surface area (Å²) in [5.74, 6) is -1.12. The molecule has 2 heterocycles. The van der Waals surface area contributed by atoms with Crippen LogP contribution >= 0.6 is 11.3 Å². The third-order valence-corrected chi connectivity index (χ3v) is 6.20. The van der Waals surface area contributed by atoms with Gasteiger partial charge in [-0.1, -0.05) is 12.1 Å². The Bertz CT molecular complexity index is 966. The molecule has 0 spiro atoms. The SMILES string of the molecule is O=C(CCCc1nc2ccccc2s1)N1CCC(Oc2ccc(F)cc2F)CC1. The Labute approximate surface area is 172 Å². The molecule has 1 aromatic heterocycles. The summed E-state index contributed by atoms with van der Waals surface area (Å²) >= 11 is 1.68. The van der Waals surface area contributed by atoms with Crippen molar-refractivity contribution in [1.82, 2.24) is 9.88 Å². The van der Waals surface area contributed by atoms with Gasteiger partial charge in [0.2, 0.25) is 5.91 Å². The van der Waals surface area contributed by atoms with Crippen molar-refractivity contribution in [3.05, 3.63) is 59.1 Å². The Hall–Kier alpha value is -2.54. The third kappa shape index (κ3) is 4.90. The second-order valence-electron chi connectivity index (χ2n) is 7.20. The van der Waals surface area contributed by atoms with E-state index in [9.17, 15) is 13.6 Å². The minimum absolute atomic E-state index is 0.0620. The predicted octanol–water partition coefficient (Wildman–Crippen LogP) is 4.97. The number of piperidine rings is 1. The molecule has 2 aromatic carbocycles. The van der Waals surface area contributed by atoms with Crippen molar-refractivity contribution in [1.29, 1.82) is 0 Å². The van der Waals surface area contributed by atoms with E-state index in [4.69, 9.17) is 4.74 Å². The van der Waals surface area contributed by atoms with Crippen LogP contribution in [0.2, 0.25) is 0 Å². The first-order valence-corrected chi connectivity index (χ1v) is 10.6. The van der Waals surface area contributed by atoms with Crippen molar-refractivity contribution >= 4 is 27.5 Å². The maximum atomic E-state index is 13.7. The summed E-state index contributed by atoms with van der Waals surface area (Å²) in [4.78, 5) is 18.9. The van der Waals surface area contributed by atoms with E-state index < -0.39 is 11.6 Å². The smallest absolute Gasteiger partial charge is 0.222 e. The number of aryl methyl sites for hydroxylation is 1. The van der Waals surface area contributed by atoms with Crippen LogP contribution < -0.4 is 4.74 Å². The molecular formula is C22H22F2N2O2S. The number of halogens is 2. The summed E-state index contributed by atoms with van der Waals surface area (Å²) in [6.45, 7) is 1.18. The lowest BCUT2D eigenvalue weighted by Gasteiger charge is -2.32. The van der Waals surface area contributed by atoms with E-state index in [0.29, 0.717) is 32.4 Å². The lowest BCUT2D eigenvalue weighted by molar-refractivity contribution is -0.133. The monoisotopic (exact) mass is 416 g/mol. The zero-order valence-electron chi connectivity index (χ0n) is 15.9. The molecule has 1 aliphatic heterocycles. The molecule has 152 valence electrons. The molecule has 0 radical (unpaired) electrons. The van der Waals surface area contributed by atoms with E-state index >= 15 is 0 Å². The number of benzene rings is 2. The van der Waals surface area contributed by atoms with Gasteiger partial charge >= 0.3 is 0 Å². The van der Waals surface area contributed by atoms with E-state index in [1.165, 1.54) is 16.8 Å². The first-order chi connectivity index (χ1) is 14.1. The summed E-state index contributed by atoms with van der Waals surface area (Å²) in [7, 11) is 0. The molecule has 1 saturated heterocycles. The van der Waals surface area contributed by atoms with Gasteiger partial charge in [0.1, 0.15) is 11.9 Å². The standard InChI is InChI=1S/C22H22F2N2O2S/c23-15-8-9-19(17(24)14-15)28-16-10-12-26(13-11-16)22(27)7-3-6-21-25-18-4-1-2-5-20(18)29-21/h1-2,4-5,8-9,14,16H,3,6-7,10-13H2. The topological polar surface area (TPSA) is 42.4 Å². The number of rotatable bonds is 6. The second-order valence-corrected chi connectivity index (χ2v) is 8.32. The van der Waals surface area contributed by atoms with Gasteiger partial charge in [-0.2, -0.15) is 0 Å². The first-order valence-electron chi connectivity index (χ1n) is 9.82. The largest absolute Gasteiger partial charge is 0.487 e. The maximum Gasteiger partial charge on any atom is 0.222 e. The second kappa shape index (κ2) is 8.86. The lowest BCUT2D eigenvalue weighted by Crippen LogP contribution is -2.41. The Morgan fingerprint density at radius 2 is 1.97 bits per heavy atom. The zero-order valence-corrected chi connectivity index (χ0v) is 16.8. The minimum atomic E-state index is -0.696. The van der Waals surface area contributed by atoms with Gasteiger partial charge < -0.3 is 9.64 Å². The Morgan fingerprint density at radius 3 is 2.72 bits per heavy atom. The van der Waals surface area contributed by atoms with Crippen molar-refractivity contribution in [2.75, 3.05) is 13.1 Å². The van der Waals surface area contributed by atoms with Gasteiger partial charge in [0, 0.05) is 38.4 Å². The van der Waals surface area contributed by atoms with Gasteiger partial charge in [-0.15, -0.1) is 11.3 Å². The molecule has 1 fully saturated rings. The fourth-order valence-electron chi connectivity index (χ4n) is 3.55. The van der Waals surface area contributed by atoms with Crippen LogP contribution in [0.4, 0.5) is 8.78 Å². The molecule has 29 heavy (non-hydrogen) atoms. The van der Waals surface area contributed by atoms with Gasteiger partial charge in [-0.25, -0.2) is 13.8 Å². The van der Waals surface area contributed by atoms with Crippen molar-refractivity contribution in [2.45, 2.75) is 38.2 Å². The summed E-state index contributed by atoms with van der Waals surface area (Å²) < 4.78 is 33.5. The Kier molecular flexibility index (Phi) is 6.04. The molecule has 1 amide bonds.